The minimum atomic E-state index is -0.456. The molecule has 2 amide bonds. The summed E-state index contributed by atoms with van der Waals surface area (Å²) in [6.07, 6.45) is 2.15. The van der Waals surface area contributed by atoms with Gasteiger partial charge in [-0.15, -0.1) is 0 Å². The summed E-state index contributed by atoms with van der Waals surface area (Å²) >= 11 is 0. The van der Waals surface area contributed by atoms with E-state index >= 15 is 0 Å². The average Bonchev–Trinajstić information content (AvgIpc) is 3.07. The first kappa shape index (κ1) is 24.5. The molecule has 2 aromatic carbocycles. The lowest BCUT2D eigenvalue weighted by molar-refractivity contribution is 0.0572. The van der Waals surface area contributed by atoms with Gasteiger partial charge < -0.3 is 25.4 Å². The van der Waals surface area contributed by atoms with Crippen LogP contribution in [-0.4, -0.2) is 69.6 Å². The Kier molecular flexibility index (Phi) is 8.30. The van der Waals surface area contributed by atoms with Crippen molar-refractivity contribution in [2.45, 2.75) is 25.3 Å². The van der Waals surface area contributed by atoms with Crippen LogP contribution in [0.4, 0.5) is 5.69 Å². The second-order valence-corrected chi connectivity index (χ2v) is 8.35. The van der Waals surface area contributed by atoms with E-state index in [9.17, 15) is 9.59 Å². The van der Waals surface area contributed by atoms with Gasteiger partial charge in [-0.05, 0) is 76.3 Å². The maximum Gasteiger partial charge on any atom is 0.264 e. The van der Waals surface area contributed by atoms with Gasteiger partial charge in [-0.3, -0.25) is 14.5 Å². The highest BCUT2D eigenvalue weighted by molar-refractivity contribution is 6.24. The number of amides is 2. The van der Waals surface area contributed by atoms with E-state index in [-0.39, 0.29) is 11.8 Å². The number of carbonyl (C=O) groups is 2. The van der Waals surface area contributed by atoms with Crippen LogP contribution in [0.1, 0.15) is 51.6 Å². The molecule has 0 fully saturated rings. The second-order valence-electron chi connectivity index (χ2n) is 8.35. The fourth-order valence-electron chi connectivity index (χ4n) is 4.17. The molecule has 8 nitrogen and oxygen atoms in total. The Morgan fingerprint density at radius 1 is 1.03 bits per heavy atom. The number of nitrogens with zero attached hydrogens (tertiary/aromatic N) is 2. The van der Waals surface area contributed by atoms with E-state index in [1.165, 1.54) is 4.90 Å². The number of methoxy groups -OCH3 is 2. The lowest BCUT2D eigenvalue weighted by Gasteiger charge is -2.27. The molecule has 0 aliphatic carbocycles. The standard InChI is InChI=1S/C25H34N4O4/c1-28(2)15-7-14-27-19-9-5-8-18-23(19)25(31)29(24(18)30)20(10-6-13-26)17-11-12-21(32-3)22(16-17)33-4/h5,8-9,11-12,16,20,27H,6-7,10,13-15,26H2,1-4H3/t20-/m1/s1. The van der Waals surface area contributed by atoms with Gasteiger partial charge in [0.25, 0.3) is 11.8 Å². The van der Waals surface area contributed by atoms with Crippen molar-refractivity contribution in [2.75, 3.05) is 53.3 Å². The van der Waals surface area contributed by atoms with Gasteiger partial charge >= 0.3 is 0 Å². The number of imide groups is 1. The molecule has 0 saturated heterocycles. The van der Waals surface area contributed by atoms with E-state index in [2.05, 4.69) is 10.2 Å². The van der Waals surface area contributed by atoms with Crippen LogP contribution in [0.3, 0.4) is 0 Å². The quantitative estimate of drug-likeness (QED) is 0.376. The van der Waals surface area contributed by atoms with Crippen molar-refractivity contribution in [1.29, 1.82) is 0 Å². The molecule has 8 heteroatoms. The summed E-state index contributed by atoms with van der Waals surface area (Å²) in [6, 6.07) is 10.4. The van der Waals surface area contributed by atoms with E-state index in [0.717, 1.165) is 18.5 Å². The van der Waals surface area contributed by atoms with Gasteiger partial charge in [-0.1, -0.05) is 12.1 Å². The molecule has 3 N–H and O–H groups in total. The van der Waals surface area contributed by atoms with Crippen LogP contribution in [0.2, 0.25) is 0 Å². The van der Waals surface area contributed by atoms with Gasteiger partial charge in [-0.2, -0.15) is 0 Å². The van der Waals surface area contributed by atoms with Crippen molar-refractivity contribution in [2.24, 2.45) is 5.73 Å². The first-order valence-electron chi connectivity index (χ1n) is 11.2. The highest BCUT2D eigenvalue weighted by atomic mass is 16.5. The van der Waals surface area contributed by atoms with Crippen LogP contribution in [0.25, 0.3) is 0 Å². The Hall–Kier alpha value is -3.10. The minimum absolute atomic E-state index is 0.288. The molecule has 2 aromatic rings. The van der Waals surface area contributed by atoms with Crippen LogP contribution in [0, 0.1) is 0 Å². The van der Waals surface area contributed by atoms with E-state index in [0.29, 0.717) is 54.2 Å². The summed E-state index contributed by atoms with van der Waals surface area (Å²) in [5.41, 5.74) is 8.13. The van der Waals surface area contributed by atoms with E-state index in [1.54, 1.807) is 26.4 Å². The Bertz CT molecular complexity index is 992. The highest BCUT2D eigenvalue weighted by Gasteiger charge is 2.42. The van der Waals surface area contributed by atoms with Crippen molar-refractivity contribution >= 4 is 17.5 Å². The summed E-state index contributed by atoms with van der Waals surface area (Å²) in [5, 5.41) is 3.34. The fraction of sp³-hybridized carbons (Fsp3) is 0.440. The number of carbonyl (C=O) groups excluding carboxylic acids is 2. The third-order valence-corrected chi connectivity index (χ3v) is 5.83. The van der Waals surface area contributed by atoms with Crippen molar-refractivity contribution in [1.82, 2.24) is 9.80 Å². The molecule has 1 atom stereocenters. The number of hydrogen-bond acceptors (Lipinski definition) is 7. The number of hydrogen-bond donors (Lipinski definition) is 2. The molecule has 0 radical (unpaired) electrons. The normalized spacial score (nSPS) is 13.9. The molecule has 0 bridgehead atoms. The van der Waals surface area contributed by atoms with Crippen LogP contribution in [0.5, 0.6) is 11.5 Å². The summed E-state index contributed by atoms with van der Waals surface area (Å²) in [5.74, 6) is 0.560. The highest BCUT2D eigenvalue weighted by Crippen LogP contribution is 2.39. The van der Waals surface area contributed by atoms with E-state index in [4.69, 9.17) is 15.2 Å². The molecule has 178 valence electrons. The van der Waals surface area contributed by atoms with Crippen LogP contribution >= 0.6 is 0 Å². The first-order chi connectivity index (χ1) is 15.9. The molecule has 33 heavy (non-hydrogen) atoms. The number of nitrogens with one attached hydrogen (secondary N) is 1. The zero-order valence-corrected chi connectivity index (χ0v) is 19.9. The molecule has 1 aliphatic heterocycles. The van der Waals surface area contributed by atoms with Crippen molar-refractivity contribution < 1.29 is 19.1 Å². The van der Waals surface area contributed by atoms with Crippen molar-refractivity contribution in [3.63, 3.8) is 0 Å². The van der Waals surface area contributed by atoms with Gasteiger partial charge in [-0.25, -0.2) is 0 Å². The lowest BCUT2D eigenvalue weighted by atomic mass is 9.99. The number of benzene rings is 2. The van der Waals surface area contributed by atoms with E-state index in [1.807, 2.05) is 38.4 Å². The Morgan fingerprint density at radius 3 is 2.45 bits per heavy atom. The lowest BCUT2D eigenvalue weighted by Crippen LogP contribution is -2.34. The minimum Gasteiger partial charge on any atom is -0.493 e. The Morgan fingerprint density at radius 2 is 1.79 bits per heavy atom. The van der Waals surface area contributed by atoms with Crippen molar-refractivity contribution in [3.05, 3.63) is 53.1 Å². The molecule has 1 heterocycles. The zero-order chi connectivity index (χ0) is 24.0. The second kappa shape index (κ2) is 11.2. The number of nitrogens with two attached hydrogens (primary N) is 1. The first-order valence-corrected chi connectivity index (χ1v) is 11.2. The zero-order valence-electron chi connectivity index (χ0n) is 19.9. The number of rotatable bonds is 12. The maximum atomic E-state index is 13.6. The van der Waals surface area contributed by atoms with Gasteiger partial charge in [0.05, 0.1) is 31.4 Å². The summed E-state index contributed by atoms with van der Waals surface area (Å²) in [7, 11) is 7.18. The van der Waals surface area contributed by atoms with Crippen LogP contribution in [0.15, 0.2) is 36.4 Å². The molecule has 0 saturated carbocycles. The fourth-order valence-corrected chi connectivity index (χ4v) is 4.17. The predicted octanol–water partition coefficient (Wildman–Crippen LogP) is 3.14. The Balaban J connectivity index is 1.93. The van der Waals surface area contributed by atoms with Gasteiger partial charge in [0.2, 0.25) is 0 Å². The number of anilines is 1. The predicted molar refractivity (Wildman–Crippen MR) is 129 cm³/mol. The largest absolute Gasteiger partial charge is 0.493 e. The van der Waals surface area contributed by atoms with Crippen LogP contribution < -0.4 is 20.5 Å². The SMILES string of the molecule is COc1ccc([C@@H](CCCN)N2C(=O)c3cccc(NCCCN(C)C)c3C2=O)cc1OC. The topological polar surface area (TPSA) is 97.1 Å². The van der Waals surface area contributed by atoms with Gasteiger partial charge in [0.15, 0.2) is 11.5 Å². The molecule has 1 aliphatic rings. The number of ether oxygens (including phenoxy) is 2. The molecule has 0 unspecified atom stereocenters. The summed E-state index contributed by atoms with van der Waals surface area (Å²) < 4.78 is 10.8. The summed E-state index contributed by atoms with van der Waals surface area (Å²) in [6.45, 7) is 2.11. The molecular formula is C25H34N4O4. The molecular weight excluding hydrogens is 420 g/mol. The molecule has 0 spiro atoms. The monoisotopic (exact) mass is 454 g/mol. The number of fused-ring (bicyclic) bond motifs is 1. The molecule has 0 aromatic heterocycles. The maximum absolute atomic E-state index is 13.6. The summed E-state index contributed by atoms with van der Waals surface area (Å²) in [4.78, 5) is 30.5. The van der Waals surface area contributed by atoms with E-state index < -0.39 is 6.04 Å². The molecule has 3 rings (SSSR count). The van der Waals surface area contributed by atoms with Crippen molar-refractivity contribution in [3.8, 4) is 11.5 Å². The van der Waals surface area contributed by atoms with Gasteiger partial charge in [0.1, 0.15) is 0 Å². The van der Waals surface area contributed by atoms with Crippen LogP contribution in [-0.2, 0) is 0 Å². The third-order valence-electron chi connectivity index (χ3n) is 5.83. The Labute approximate surface area is 195 Å². The average molecular weight is 455 g/mol. The van der Waals surface area contributed by atoms with Gasteiger partial charge in [0, 0.05) is 12.2 Å². The third kappa shape index (κ3) is 5.29. The smallest absolute Gasteiger partial charge is 0.264 e.